The van der Waals surface area contributed by atoms with Gasteiger partial charge in [0.15, 0.2) is 11.5 Å². The molecule has 0 unspecified atom stereocenters. The number of carboxylic acid groups (broad SMARTS) is 1. The first-order valence-corrected chi connectivity index (χ1v) is 6.85. The third-order valence-electron chi connectivity index (χ3n) is 3.40. The zero-order chi connectivity index (χ0) is 15.7. The molecule has 0 aliphatic heterocycles. The van der Waals surface area contributed by atoms with Crippen molar-refractivity contribution in [2.24, 2.45) is 0 Å². The molecule has 3 aromatic rings. The van der Waals surface area contributed by atoms with E-state index in [0.29, 0.717) is 23.5 Å². The van der Waals surface area contributed by atoms with Gasteiger partial charge in [-0.15, -0.1) is 0 Å². The van der Waals surface area contributed by atoms with Crippen molar-refractivity contribution in [3.8, 4) is 11.4 Å². The van der Waals surface area contributed by atoms with E-state index in [0.717, 1.165) is 10.1 Å². The molecule has 2 aromatic heterocycles. The normalized spacial score (nSPS) is 11.0. The number of aryl methyl sites for hydroxylation is 1. The maximum Gasteiger partial charge on any atom is 0.330 e. The van der Waals surface area contributed by atoms with Crippen molar-refractivity contribution in [1.29, 1.82) is 0 Å². The number of carbonyl (C=O) groups is 1. The van der Waals surface area contributed by atoms with Crippen LogP contribution in [0.1, 0.15) is 6.92 Å². The van der Waals surface area contributed by atoms with Crippen LogP contribution in [0, 0.1) is 0 Å². The van der Waals surface area contributed by atoms with E-state index in [1.807, 2.05) is 37.3 Å². The average molecular weight is 298 g/mol. The molecular weight excluding hydrogens is 284 g/mol. The van der Waals surface area contributed by atoms with E-state index in [1.165, 1.54) is 4.57 Å². The highest BCUT2D eigenvalue weighted by atomic mass is 16.4. The smallest absolute Gasteiger partial charge is 0.330 e. The van der Waals surface area contributed by atoms with E-state index in [9.17, 15) is 9.59 Å². The van der Waals surface area contributed by atoms with Gasteiger partial charge in [-0.25, -0.2) is 14.8 Å². The van der Waals surface area contributed by atoms with Gasteiger partial charge in [0.05, 0.1) is 6.20 Å². The highest BCUT2D eigenvalue weighted by Gasteiger charge is 2.17. The van der Waals surface area contributed by atoms with E-state index in [4.69, 9.17) is 5.11 Å². The minimum absolute atomic E-state index is 0.336. The van der Waals surface area contributed by atoms with Gasteiger partial charge < -0.3 is 5.11 Å². The Morgan fingerprint density at radius 2 is 1.95 bits per heavy atom. The number of aliphatic carboxylic acids is 1. The van der Waals surface area contributed by atoms with Crippen molar-refractivity contribution in [3.05, 3.63) is 47.0 Å². The van der Waals surface area contributed by atoms with Crippen LogP contribution >= 0.6 is 0 Å². The number of hydrogen-bond acceptors (Lipinski definition) is 4. The molecule has 0 saturated heterocycles. The predicted octanol–water partition coefficient (Wildman–Crippen LogP) is 1.36. The van der Waals surface area contributed by atoms with Crippen LogP contribution in [0.5, 0.6) is 0 Å². The second kappa shape index (κ2) is 5.44. The second-order valence-electron chi connectivity index (χ2n) is 4.78. The zero-order valence-electron chi connectivity index (χ0n) is 11.9. The van der Waals surface area contributed by atoms with E-state index >= 15 is 0 Å². The molecule has 3 rings (SSSR count). The van der Waals surface area contributed by atoms with Gasteiger partial charge in [0, 0.05) is 12.1 Å². The fraction of sp³-hybridized carbons (Fsp3) is 0.200. The third kappa shape index (κ3) is 2.26. The van der Waals surface area contributed by atoms with Gasteiger partial charge in [-0.2, -0.15) is 0 Å². The van der Waals surface area contributed by atoms with Crippen molar-refractivity contribution >= 4 is 17.1 Å². The molecule has 0 aliphatic rings. The lowest BCUT2D eigenvalue weighted by Gasteiger charge is -2.02. The Morgan fingerprint density at radius 3 is 2.59 bits per heavy atom. The maximum atomic E-state index is 12.3. The summed E-state index contributed by atoms with van der Waals surface area (Å²) in [6, 6.07) is 9.33. The maximum absolute atomic E-state index is 12.3. The molecule has 7 heteroatoms. The van der Waals surface area contributed by atoms with Gasteiger partial charge in [0.1, 0.15) is 12.1 Å². The van der Waals surface area contributed by atoms with Gasteiger partial charge in [-0.3, -0.25) is 13.9 Å². The first kappa shape index (κ1) is 14.0. The number of hydrogen-bond donors (Lipinski definition) is 1. The standard InChI is InChI=1S/C15H14N4O3/c1-2-18-11-8-16-13(10-6-4-3-5-7-10)17-14(11)19(15(18)22)9-12(20)21/h3-8H,2,9H2,1H3,(H,20,21). The zero-order valence-corrected chi connectivity index (χ0v) is 11.9. The SMILES string of the molecule is CCn1c(=O)n(CC(=O)O)c2nc(-c3ccccc3)ncc21. The van der Waals surface area contributed by atoms with Crippen LogP contribution in [0.2, 0.25) is 0 Å². The van der Waals surface area contributed by atoms with Crippen LogP contribution in [0.25, 0.3) is 22.6 Å². The molecule has 0 fully saturated rings. The molecule has 2 heterocycles. The number of imidazole rings is 1. The lowest BCUT2D eigenvalue weighted by atomic mass is 10.2. The Bertz CT molecular complexity index is 896. The molecule has 0 radical (unpaired) electrons. The molecular formula is C15H14N4O3. The van der Waals surface area contributed by atoms with Gasteiger partial charge in [-0.1, -0.05) is 30.3 Å². The number of nitrogens with zero attached hydrogens (tertiary/aromatic N) is 4. The highest BCUT2D eigenvalue weighted by molar-refractivity contribution is 5.76. The molecule has 22 heavy (non-hydrogen) atoms. The monoisotopic (exact) mass is 298 g/mol. The minimum atomic E-state index is -1.09. The van der Waals surface area contributed by atoms with Crippen LogP contribution in [-0.2, 0) is 17.9 Å². The Labute approximate surface area is 125 Å². The van der Waals surface area contributed by atoms with Crippen molar-refractivity contribution < 1.29 is 9.90 Å². The summed E-state index contributed by atoms with van der Waals surface area (Å²) in [4.78, 5) is 32.0. The minimum Gasteiger partial charge on any atom is -0.480 e. The molecule has 0 aliphatic carbocycles. The molecule has 0 bridgehead atoms. The molecule has 0 amide bonds. The van der Waals surface area contributed by atoms with E-state index in [-0.39, 0.29) is 5.69 Å². The summed E-state index contributed by atoms with van der Waals surface area (Å²) in [5.74, 6) is -0.627. The molecule has 1 aromatic carbocycles. The Morgan fingerprint density at radius 1 is 1.23 bits per heavy atom. The van der Waals surface area contributed by atoms with Crippen molar-refractivity contribution in [2.75, 3.05) is 0 Å². The summed E-state index contributed by atoms with van der Waals surface area (Å²) in [5, 5.41) is 9.01. The predicted molar refractivity (Wildman–Crippen MR) is 80.5 cm³/mol. The van der Waals surface area contributed by atoms with Crippen LogP contribution < -0.4 is 5.69 Å². The molecule has 0 atom stereocenters. The van der Waals surface area contributed by atoms with Crippen LogP contribution in [0.3, 0.4) is 0 Å². The number of benzene rings is 1. The highest BCUT2D eigenvalue weighted by Crippen LogP contribution is 2.17. The molecule has 1 N–H and O–H groups in total. The summed E-state index contributed by atoms with van der Waals surface area (Å²) in [5.41, 5.74) is 1.29. The molecule has 0 saturated carbocycles. The fourth-order valence-corrected chi connectivity index (χ4v) is 2.40. The summed E-state index contributed by atoms with van der Waals surface area (Å²) in [6.45, 7) is 1.82. The van der Waals surface area contributed by atoms with Gasteiger partial charge in [-0.05, 0) is 6.92 Å². The Kier molecular flexibility index (Phi) is 3.46. The number of aromatic nitrogens is 4. The first-order valence-electron chi connectivity index (χ1n) is 6.85. The third-order valence-corrected chi connectivity index (χ3v) is 3.40. The number of rotatable bonds is 4. The van der Waals surface area contributed by atoms with Crippen molar-refractivity contribution in [2.45, 2.75) is 20.0 Å². The largest absolute Gasteiger partial charge is 0.480 e. The molecule has 0 spiro atoms. The summed E-state index contributed by atoms with van der Waals surface area (Å²) < 4.78 is 2.63. The molecule has 7 nitrogen and oxygen atoms in total. The summed E-state index contributed by atoms with van der Waals surface area (Å²) >= 11 is 0. The lowest BCUT2D eigenvalue weighted by Crippen LogP contribution is -2.26. The topological polar surface area (TPSA) is 90.0 Å². The summed E-state index contributed by atoms with van der Waals surface area (Å²) in [6.07, 6.45) is 1.56. The van der Waals surface area contributed by atoms with Crippen molar-refractivity contribution in [3.63, 3.8) is 0 Å². The van der Waals surface area contributed by atoms with Crippen LogP contribution in [0.15, 0.2) is 41.3 Å². The molecule has 112 valence electrons. The Hall–Kier alpha value is -2.96. The average Bonchev–Trinajstić information content (AvgIpc) is 2.79. The van der Waals surface area contributed by atoms with Crippen LogP contribution in [-0.4, -0.2) is 30.2 Å². The quantitative estimate of drug-likeness (QED) is 0.785. The fourth-order valence-electron chi connectivity index (χ4n) is 2.40. The number of fused-ring (bicyclic) bond motifs is 1. The van der Waals surface area contributed by atoms with E-state index in [1.54, 1.807) is 6.20 Å². The van der Waals surface area contributed by atoms with Gasteiger partial charge >= 0.3 is 11.7 Å². The van der Waals surface area contributed by atoms with Crippen LogP contribution in [0.4, 0.5) is 0 Å². The van der Waals surface area contributed by atoms with E-state index in [2.05, 4.69) is 9.97 Å². The summed E-state index contributed by atoms with van der Waals surface area (Å²) in [7, 11) is 0. The first-order chi connectivity index (χ1) is 10.6. The second-order valence-corrected chi connectivity index (χ2v) is 4.78. The van der Waals surface area contributed by atoms with E-state index < -0.39 is 12.5 Å². The number of carboxylic acids is 1. The van der Waals surface area contributed by atoms with Gasteiger partial charge in [0.25, 0.3) is 0 Å². The lowest BCUT2D eigenvalue weighted by molar-refractivity contribution is -0.137. The van der Waals surface area contributed by atoms with Crippen molar-refractivity contribution in [1.82, 2.24) is 19.1 Å². The van der Waals surface area contributed by atoms with Gasteiger partial charge in [0.2, 0.25) is 0 Å². The Balaban J connectivity index is 2.26.